The zero-order chi connectivity index (χ0) is 58.5. The van der Waals surface area contributed by atoms with E-state index in [2.05, 4.69) is 43.5 Å². The minimum atomic E-state index is -0.850. The van der Waals surface area contributed by atoms with Crippen LogP contribution in [0.25, 0.3) is 0 Å². The van der Waals surface area contributed by atoms with Gasteiger partial charge in [-0.2, -0.15) is 0 Å². The van der Waals surface area contributed by atoms with Gasteiger partial charge in [0.1, 0.15) is 0 Å². The van der Waals surface area contributed by atoms with Crippen molar-refractivity contribution in [1.82, 2.24) is 5.32 Å². The van der Waals surface area contributed by atoms with Crippen LogP contribution in [0.5, 0.6) is 0 Å². The summed E-state index contributed by atoms with van der Waals surface area (Å²) >= 11 is 0. The molecule has 0 fully saturated rings. The van der Waals surface area contributed by atoms with Crippen LogP contribution in [0.4, 0.5) is 0 Å². The summed E-state index contributed by atoms with van der Waals surface area (Å²) in [5.74, 6) is -0.0571. The molecule has 0 aromatic rings. The van der Waals surface area contributed by atoms with Crippen molar-refractivity contribution in [3.63, 3.8) is 0 Å². The number of nitrogens with one attached hydrogen (secondary N) is 1. The fraction of sp³-hybridized carbons (Fsp3) is 0.893. The predicted octanol–water partition coefficient (Wildman–Crippen LogP) is 23.9. The Morgan fingerprint density at radius 3 is 0.938 bits per heavy atom. The zero-order valence-electron chi connectivity index (χ0n) is 54.8. The summed E-state index contributed by atoms with van der Waals surface area (Å²) < 4.78 is 5.50. The third-order valence-corrected chi connectivity index (χ3v) is 17.2. The fourth-order valence-electron chi connectivity index (χ4n) is 11.6. The van der Waals surface area contributed by atoms with Crippen LogP contribution in [-0.2, 0) is 14.3 Å². The maximum Gasteiger partial charge on any atom is 0.305 e. The summed E-state index contributed by atoms with van der Waals surface area (Å²) in [6.07, 6.45) is 90.9. The number of unbranched alkanes of at least 4 members (excludes halogenated alkanes) is 54. The summed E-state index contributed by atoms with van der Waals surface area (Å²) in [6, 6.07) is -0.634. The molecular formula is C75H143NO5. The lowest BCUT2D eigenvalue weighted by atomic mass is 10.0. The highest BCUT2D eigenvalue weighted by atomic mass is 16.5. The molecule has 0 saturated carbocycles. The lowest BCUT2D eigenvalue weighted by molar-refractivity contribution is -0.143. The predicted molar refractivity (Wildman–Crippen MR) is 356 cm³/mol. The van der Waals surface area contributed by atoms with Gasteiger partial charge < -0.3 is 20.3 Å². The second-order valence-electron chi connectivity index (χ2n) is 25.3. The Morgan fingerprint density at radius 1 is 0.346 bits per heavy atom. The number of rotatable bonds is 69. The van der Waals surface area contributed by atoms with E-state index in [0.29, 0.717) is 19.4 Å². The molecule has 1 amide bonds. The molecule has 0 saturated heterocycles. The van der Waals surface area contributed by atoms with Gasteiger partial charge in [0.05, 0.1) is 25.4 Å². The molecule has 0 aliphatic heterocycles. The molecule has 0 heterocycles. The molecule has 0 aliphatic rings. The Balaban J connectivity index is 3.44. The molecule has 0 radical (unpaired) electrons. The maximum atomic E-state index is 12.5. The molecule has 0 aliphatic carbocycles. The van der Waals surface area contributed by atoms with E-state index in [-0.39, 0.29) is 18.5 Å². The van der Waals surface area contributed by atoms with Crippen molar-refractivity contribution in [2.75, 3.05) is 13.2 Å². The summed E-state index contributed by atoms with van der Waals surface area (Å²) in [6.45, 7) is 4.94. The van der Waals surface area contributed by atoms with Crippen LogP contribution in [0, 0.1) is 0 Å². The van der Waals surface area contributed by atoms with Crippen LogP contribution < -0.4 is 5.32 Å². The minimum Gasteiger partial charge on any atom is -0.466 e. The van der Waals surface area contributed by atoms with Crippen LogP contribution in [-0.4, -0.2) is 47.4 Å². The minimum absolute atomic E-state index is 0.0132. The number of hydrogen-bond acceptors (Lipinski definition) is 5. The van der Waals surface area contributed by atoms with Gasteiger partial charge in [-0.05, 0) is 64.2 Å². The average Bonchev–Trinajstić information content (AvgIpc) is 3.47. The smallest absolute Gasteiger partial charge is 0.305 e. The normalized spacial score (nSPS) is 12.7. The summed E-state index contributed by atoms with van der Waals surface area (Å²) in [5, 5.41) is 23.3. The summed E-state index contributed by atoms with van der Waals surface area (Å²) in [5.41, 5.74) is 0. The molecule has 2 atom stereocenters. The number of aliphatic hydroxyl groups is 2. The van der Waals surface area contributed by atoms with Gasteiger partial charge in [-0.3, -0.25) is 9.59 Å². The van der Waals surface area contributed by atoms with Gasteiger partial charge in [0.15, 0.2) is 0 Å². The molecule has 0 spiro atoms. The molecule has 0 rings (SSSR count). The third-order valence-electron chi connectivity index (χ3n) is 17.2. The first kappa shape index (κ1) is 79.1. The van der Waals surface area contributed by atoms with Crippen molar-refractivity contribution >= 4 is 11.9 Å². The molecule has 478 valence electrons. The third kappa shape index (κ3) is 67.1. The molecule has 6 heteroatoms. The topological polar surface area (TPSA) is 95.9 Å². The van der Waals surface area contributed by atoms with Crippen molar-refractivity contribution < 1.29 is 24.5 Å². The van der Waals surface area contributed by atoms with E-state index in [0.717, 1.165) is 44.9 Å². The molecule has 81 heavy (non-hydrogen) atoms. The van der Waals surface area contributed by atoms with Crippen LogP contribution in [0.1, 0.15) is 406 Å². The first-order valence-corrected chi connectivity index (χ1v) is 36.8. The van der Waals surface area contributed by atoms with Crippen LogP contribution in [0.3, 0.4) is 0 Å². The van der Waals surface area contributed by atoms with Crippen molar-refractivity contribution in [3.8, 4) is 0 Å². The Hall–Kier alpha value is -1.92. The van der Waals surface area contributed by atoms with E-state index >= 15 is 0 Å². The lowest BCUT2D eigenvalue weighted by Crippen LogP contribution is -2.45. The van der Waals surface area contributed by atoms with Crippen molar-refractivity contribution in [2.24, 2.45) is 0 Å². The van der Waals surface area contributed by atoms with E-state index in [1.165, 1.54) is 334 Å². The number of amides is 1. The number of carbonyl (C=O) groups excluding carboxylic acids is 2. The van der Waals surface area contributed by atoms with E-state index in [1.807, 2.05) is 6.08 Å². The zero-order valence-corrected chi connectivity index (χ0v) is 54.8. The number of hydrogen-bond donors (Lipinski definition) is 3. The number of allylic oxidation sites excluding steroid dienone is 5. The molecule has 6 nitrogen and oxygen atoms in total. The highest BCUT2D eigenvalue weighted by molar-refractivity contribution is 5.76. The Morgan fingerprint density at radius 2 is 0.617 bits per heavy atom. The quantitative estimate of drug-likeness (QED) is 0.0320. The van der Waals surface area contributed by atoms with Crippen molar-refractivity contribution in [3.05, 3.63) is 36.5 Å². The van der Waals surface area contributed by atoms with Crippen molar-refractivity contribution in [1.29, 1.82) is 0 Å². The first-order chi connectivity index (χ1) is 40.0. The number of aliphatic hydroxyl groups excluding tert-OH is 2. The molecule has 0 aromatic heterocycles. The van der Waals surface area contributed by atoms with Gasteiger partial charge in [-0.1, -0.05) is 365 Å². The van der Waals surface area contributed by atoms with E-state index < -0.39 is 12.1 Å². The van der Waals surface area contributed by atoms with Gasteiger partial charge in [0.25, 0.3) is 0 Å². The Bertz CT molecular complexity index is 1310. The number of ether oxygens (including phenoxy) is 1. The summed E-state index contributed by atoms with van der Waals surface area (Å²) in [7, 11) is 0. The van der Waals surface area contributed by atoms with Gasteiger partial charge >= 0.3 is 5.97 Å². The van der Waals surface area contributed by atoms with E-state index in [9.17, 15) is 19.8 Å². The molecule has 0 bridgehead atoms. The largest absolute Gasteiger partial charge is 0.466 e. The van der Waals surface area contributed by atoms with Gasteiger partial charge in [0, 0.05) is 12.8 Å². The molecule has 3 N–H and O–H groups in total. The van der Waals surface area contributed by atoms with E-state index in [4.69, 9.17) is 4.74 Å². The van der Waals surface area contributed by atoms with Gasteiger partial charge in [-0.15, -0.1) is 0 Å². The molecule has 2 unspecified atom stereocenters. The van der Waals surface area contributed by atoms with Crippen molar-refractivity contribution in [2.45, 2.75) is 418 Å². The Kier molecular flexibility index (Phi) is 68.9. The first-order valence-electron chi connectivity index (χ1n) is 36.8. The monoisotopic (exact) mass is 1140 g/mol. The highest BCUT2D eigenvalue weighted by Crippen LogP contribution is 2.19. The van der Waals surface area contributed by atoms with E-state index in [1.54, 1.807) is 6.08 Å². The number of esters is 1. The Labute approximate surface area is 506 Å². The molecular weight excluding hydrogens is 995 g/mol. The number of carbonyl (C=O) groups is 2. The van der Waals surface area contributed by atoms with Gasteiger partial charge in [0.2, 0.25) is 5.91 Å². The van der Waals surface area contributed by atoms with Crippen LogP contribution >= 0.6 is 0 Å². The second-order valence-corrected chi connectivity index (χ2v) is 25.3. The van der Waals surface area contributed by atoms with Gasteiger partial charge in [-0.25, -0.2) is 0 Å². The second kappa shape index (κ2) is 70.6. The van der Waals surface area contributed by atoms with Crippen LogP contribution in [0.15, 0.2) is 36.5 Å². The highest BCUT2D eigenvalue weighted by Gasteiger charge is 2.18. The molecule has 0 aromatic carbocycles. The SMILES string of the molecule is CCCCCCCCCCCCCCCCCCCCCC/C=C/C(O)C(CO)NC(=O)CCCCCCCCCCC/C=C\C/C=C\CCCCCCCCCCCOC(=O)CCCCCCCCCCCCCCCCCCC. The van der Waals surface area contributed by atoms with Crippen LogP contribution in [0.2, 0.25) is 0 Å². The summed E-state index contributed by atoms with van der Waals surface area (Å²) in [4.78, 5) is 24.6. The fourth-order valence-corrected chi connectivity index (χ4v) is 11.6. The average molecular weight is 1140 g/mol. The maximum absolute atomic E-state index is 12.5. The lowest BCUT2D eigenvalue weighted by Gasteiger charge is -2.20. The standard InChI is InChI=1S/C75H143NO5/c1-3-5-7-9-11-13-15-17-19-21-22-23-29-32-36-39-43-47-51-55-59-63-67-73(78)72(71-77)76-74(79)68-64-60-56-52-48-44-40-37-33-30-27-25-24-26-28-31-34-38-42-46-50-54-58-62-66-70-81-75(80)69-65-61-57-53-49-45-41-35-20-18-16-14-12-10-8-6-4-2/h25-28,63,67,72-73,77-78H,3-24,29-62,64-66,68-71H2,1-2H3,(H,76,79)/b27-25-,28-26-,67-63+.